The molecule has 0 radical (unpaired) electrons. The van der Waals surface area contributed by atoms with Gasteiger partial charge in [-0.1, -0.05) is 13.8 Å². The Balaban J connectivity index is 1.53. The second-order valence-corrected chi connectivity index (χ2v) is 8.04. The number of hydrogen-bond donors (Lipinski definition) is 1. The van der Waals surface area contributed by atoms with Crippen LogP contribution in [0.25, 0.3) is 0 Å². The smallest absolute Gasteiger partial charge is 0.422 e. The Hall–Kier alpha value is -2.71. The van der Waals surface area contributed by atoms with Crippen LogP contribution in [0, 0.1) is 11.8 Å². The maximum atomic E-state index is 12.6. The summed E-state index contributed by atoms with van der Waals surface area (Å²) in [4.78, 5) is 24.9. The van der Waals surface area contributed by atoms with Crippen LogP contribution >= 0.6 is 0 Å². The molecule has 3 atom stereocenters. The van der Waals surface area contributed by atoms with E-state index >= 15 is 0 Å². The summed E-state index contributed by atoms with van der Waals surface area (Å²) in [5.41, 5.74) is 2.60. The van der Waals surface area contributed by atoms with Crippen molar-refractivity contribution < 1.29 is 22.7 Å². The number of aromatic nitrogens is 3. The van der Waals surface area contributed by atoms with Gasteiger partial charge in [0.15, 0.2) is 6.61 Å². The maximum Gasteiger partial charge on any atom is 0.422 e. The number of alkyl halides is 3. The molecule has 1 aliphatic carbocycles. The molecule has 2 aromatic rings. The summed E-state index contributed by atoms with van der Waals surface area (Å²) in [6.45, 7) is 4.61. The fraction of sp³-hybridized carbons (Fsp3) is 0.524. The van der Waals surface area contributed by atoms with Crippen LogP contribution in [0.1, 0.15) is 56.1 Å². The molecule has 1 N–H and O–H groups in total. The van der Waals surface area contributed by atoms with Crippen molar-refractivity contribution in [2.24, 2.45) is 11.8 Å². The lowest BCUT2D eigenvalue weighted by atomic mass is 10.0. The first-order valence-electron chi connectivity index (χ1n) is 9.89. The zero-order chi connectivity index (χ0) is 21.9. The molecule has 0 spiro atoms. The number of amides is 1. The Morgan fingerprint density at radius 1 is 1.23 bits per heavy atom. The number of rotatable bonds is 8. The molecule has 3 rings (SSSR count). The van der Waals surface area contributed by atoms with Gasteiger partial charge in [-0.25, -0.2) is 4.98 Å². The van der Waals surface area contributed by atoms with Crippen LogP contribution in [0.2, 0.25) is 0 Å². The minimum Gasteiger partial charge on any atom is -0.467 e. The molecule has 9 heteroatoms. The largest absolute Gasteiger partial charge is 0.467 e. The quantitative estimate of drug-likeness (QED) is 0.696. The summed E-state index contributed by atoms with van der Waals surface area (Å²) in [6, 6.07) is 3.61. The summed E-state index contributed by atoms with van der Waals surface area (Å²) in [6.07, 6.45) is 1.46. The fourth-order valence-electron chi connectivity index (χ4n) is 3.29. The highest BCUT2D eigenvalue weighted by molar-refractivity contribution is 5.83. The third kappa shape index (κ3) is 6.14. The molecule has 2 aromatic heterocycles. The average Bonchev–Trinajstić information content (AvgIpc) is 3.47. The minimum absolute atomic E-state index is 0.0751. The number of nitrogens with zero attached hydrogens (tertiary/aromatic N) is 3. The second-order valence-electron chi connectivity index (χ2n) is 8.04. The van der Waals surface area contributed by atoms with Gasteiger partial charge >= 0.3 is 6.18 Å². The van der Waals surface area contributed by atoms with Gasteiger partial charge in [0, 0.05) is 17.8 Å². The van der Waals surface area contributed by atoms with Crippen molar-refractivity contribution in [2.45, 2.75) is 51.7 Å². The van der Waals surface area contributed by atoms with E-state index in [9.17, 15) is 18.0 Å². The van der Waals surface area contributed by atoms with Crippen molar-refractivity contribution in [2.75, 3.05) is 6.61 Å². The van der Waals surface area contributed by atoms with E-state index in [0.717, 1.165) is 30.3 Å². The van der Waals surface area contributed by atoms with E-state index < -0.39 is 18.8 Å². The third-order valence-corrected chi connectivity index (χ3v) is 4.85. The Kier molecular flexibility index (Phi) is 6.58. The van der Waals surface area contributed by atoms with Gasteiger partial charge in [-0.15, -0.1) is 0 Å². The zero-order valence-electron chi connectivity index (χ0n) is 17.1. The van der Waals surface area contributed by atoms with Crippen molar-refractivity contribution in [1.82, 2.24) is 20.3 Å². The summed E-state index contributed by atoms with van der Waals surface area (Å²) >= 11 is 0. The highest BCUT2D eigenvalue weighted by atomic mass is 19.4. The molecule has 6 nitrogen and oxygen atoms in total. The number of ether oxygens (including phenoxy) is 1. The molecule has 0 saturated heterocycles. The number of nitrogens with one attached hydrogen (secondary N) is 1. The number of carbonyl (C=O) groups excluding carboxylic acids is 1. The van der Waals surface area contributed by atoms with E-state index in [1.807, 2.05) is 6.07 Å². The molecule has 0 aromatic carbocycles. The SMILES string of the molecule is CC(C)Cc1cc(C2CC2C(=O)N[C@H](C)c2cnc(OCC(F)(F)F)cn2)ccn1. The molecule has 1 fully saturated rings. The predicted molar refractivity (Wildman–Crippen MR) is 104 cm³/mol. The highest BCUT2D eigenvalue weighted by Gasteiger charge is 2.44. The Bertz CT molecular complexity index is 871. The van der Waals surface area contributed by atoms with Gasteiger partial charge in [-0.3, -0.25) is 14.8 Å². The molecule has 30 heavy (non-hydrogen) atoms. The summed E-state index contributed by atoms with van der Waals surface area (Å²) < 4.78 is 41.1. The first-order valence-corrected chi connectivity index (χ1v) is 9.89. The van der Waals surface area contributed by atoms with Crippen LogP contribution in [0.4, 0.5) is 13.2 Å². The van der Waals surface area contributed by atoms with Crippen LogP contribution in [0.3, 0.4) is 0 Å². The van der Waals surface area contributed by atoms with Gasteiger partial charge < -0.3 is 10.1 Å². The van der Waals surface area contributed by atoms with Crippen molar-refractivity contribution in [3.05, 3.63) is 47.7 Å². The van der Waals surface area contributed by atoms with Crippen LogP contribution < -0.4 is 10.1 Å². The molecule has 162 valence electrons. The van der Waals surface area contributed by atoms with E-state index in [-0.39, 0.29) is 23.6 Å². The summed E-state index contributed by atoms with van der Waals surface area (Å²) in [7, 11) is 0. The van der Waals surface area contributed by atoms with Crippen molar-refractivity contribution in [3.8, 4) is 5.88 Å². The minimum atomic E-state index is -4.44. The van der Waals surface area contributed by atoms with Crippen molar-refractivity contribution in [3.63, 3.8) is 0 Å². The summed E-state index contributed by atoms with van der Waals surface area (Å²) in [5, 5.41) is 2.90. The number of pyridine rings is 1. The molecule has 1 saturated carbocycles. The van der Waals surface area contributed by atoms with Gasteiger partial charge in [0.25, 0.3) is 0 Å². The van der Waals surface area contributed by atoms with Crippen LogP contribution in [0.5, 0.6) is 5.88 Å². The van der Waals surface area contributed by atoms with Gasteiger partial charge in [-0.2, -0.15) is 13.2 Å². The number of halogens is 3. The lowest BCUT2D eigenvalue weighted by Gasteiger charge is -2.14. The van der Waals surface area contributed by atoms with E-state index in [1.54, 1.807) is 13.1 Å². The van der Waals surface area contributed by atoms with Gasteiger partial charge in [0.2, 0.25) is 11.8 Å². The number of hydrogen-bond acceptors (Lipinski definition) is 5. The summed E-state index contributed by atoms with van der Waals surface area (Å²) in [5.74, 6) is 0.290. The molecular weight excluding hydrogens is 397 g/mol. The van der Waals surface area contributed by atoms with Crippen molar-refractivity contribution in [1.29, 1.82) is 0 Å². The van der Waals surface area contributed by atoms with Crippen molar-refractivity contribution >= 4 is 5.91 Å². The van der Waals surface area contributed by atoms with E-state index in [1.165, 1.54) is 6.20 Å². The third-order valence-electron chi connectivity index (χ3n) is 4.85. The Morgan fingerprint density at radius 2 is 2.00 bits per heavy atom. The van der Waals surface area contributed by atoms with Crippen LogP contribution in [0.15, 0.2) is 30.7 Å². The van der Waals surface area contributed by atoms with Gasteiger partial charge in [0.05, 0.1) is 24.1 Å². The number of carbonyl (C=O) groups is 1. The monoisotopic (exact) mass is 422 g/mol. The van der Waals surface area contributed by atoms with E-state index in [0.29, 0.717) is 11.6 Å². The van der Waals surface area contributed by atoms with E-state index in [2.05, 4.69) is 44.9 Å². The van der Waals surface area contributed by atoms with Gasteiger partial charge in [0.1, 0.15) is 0 Å². The Labute approximate surface area is 173 Å². The van der Waals surface area contributed by atoms with Crippen LogP contribution in [-0.4, -0.2) is 33.6 Å². The van der Waals surface area contributed by atoms with Gasteiger partial charge in [-0.05, 0) is 49.3 Å². The second kappa shape index (κ2) is 8.97. The molecule has 2 heterocycles. The lowest BCUT2D eigenvalue weighted by molar-refractivity contribution is -0.154. The zero-order valence-corrected chi connectivity index (χ0v) is 17.1. The Morgan fingerprint density at radius 3 is 2.63 bits per heavy atom. The molecular formula is C21H25F3N4O2. The molecule has 1 aliphatic rings. The highest BCUT2D eigenvalue weighted by Crippen LogP contribution is 2.47. The predicted octanol–water partition coefficient (Wildman–Crippen LogP) is 3.99. The molecule has 2 unspecified atom stereocenters. The standard InChI is InChI=1S/C21H25F3N4O2/c1-12(2)6-15-7-14(4-5-25-15)16-8-17(16)20(29)28-13(3)18-9-27-19(10-26-18)30-11-21(22,23)24/h4-5,7,9-10,12-13,16-17H,6,8,11H2,1-3H3,(H,28,29)/t13-,16?,17?/m1/s1. The molecule has 0 bridgehead atoms. The normalized spacial score (nSPS) is 19.4. The lowest BCUT2D eigenvalue weighted by Crippen LogP contribution is -2.29. The average molecular weight is 422 g/mol. The fourth-order valence-corrected chi connectivity index (χ4v) is 3.29. The van der Waals surface area contributed by atoms with Crippen LogP contribution in [-0.2, 0) is 11.2 Å². The topological polar surface area (TPSA) is 77.0 Å². The first-order chi connectivity index (χ1) is 14.1. The molecule has 1 amide bonds. The molecule has 0 aliphatic heterocycles. The first kappa shape index (κ1) is 22.0. The maximum absolute atomic E-state index is 12.6. The van der Waals surface area contributed by atoms with E-state index in [4.69, 9.17) is 0 Å².